The summed E-state index contributed by atoms with van der Waals surface area (Å²) in [7, 11) is 0. The number of fused-ring (bicyclic) bond motifs is 1. The van der Waals surface area contributed by atoms with Crippen molar-refractivity contribution in [2.24, 2.45) is 0 Å². The van der Waals surface area contributed by atoms with Crippen molar-refractivity contribution in [3.05, 3.63) is 65.3 Å². The van der Waals surface area contributed by atoms with E-state index in [2.05, 4.69) is 9.88 Å². The number of alkyl halides is 3. The molecular formula is C19H16F4N2O. The third-order valence-electron chi connectivity index (χ3n) is 4.68. The summed E-state index contributed by atoms with van der Waals surface area (Å²) in [6, 6.07) is 9.49. The van der Waals surface area contributed by atoms with Gasteiger partial charge in [-0.2, -0.15) is 13.2 Å². The van der Waals surface area contributed by atoms with Gasteiger partial charge in [0.15, 0.2) is 11.5 Å². The summed E-state index contributed by atoms with van der Waals surface area (Å²) in [4.78, 5) is 6.53. The van der Waals surface area contributed by atoms with E-state index in [-0.39, 0.29) is 11.7 Å². The van der Waals surface area contributed by atoms with Crippen LogP contribution in [0.3, 0.4) is 0 Å². The predicted octanol–water partition coefficient (Wildman–Crippen LogP) is 4.98. The first-order chi connectivity index (χ1) is 12.4. The molecule has 1 atom stereocenters. The molecule has 0 amide bonds. The average Bonchev–Trinajstić information content (AvgIpc) is 3.20. The standard InChI is InChI=1S/C19H16F4N2O/c20-15-5-6-17-16(9-15)24-18(26-17)13-7-8-25(11-13)10-12-1-3-14(4-2-12)19(21,22)23/h1-6,9,13H,7-8,10-11H2. The molecule has 1 aromatic heterocycles. The van der Waals surface area contributed by atoms with Crippen molar-refractivity contribution in [1.82, 2.24) is 9.88 Å². The number of benzene rings is 2. The van der Waals surface area contributed by atoms with Crippen LogP contribution >= 0.6 is 0 Å². The van der Waals surface area contributed by atoms with E-state index in [9.17, 15) is 17.6 Å². The van der Waals surface area contributed by atoms with Crippen molar-refractivity contribution in [2.75, 3.05) is 13.1 Å². The third kappa shape index (κ3) is 3.44. The van der Waals surface area contributed by atoms with E-state index in [4.69, 9.17) is 4.42 Å². The highest BCUT2D eigenvalue weighted by Gasteiger charge is 2.31. The normalized spacial score (nSPS) is 18.7. The van der Waals surface area contributed by atoms with Gasteiger partial charge in [0.25, 0.3) is 0 Å². The van der Waals surface area contributed by atoms with Crippen LogP contribution in [0.1, 0.15) is 29.4 Å². The molecule has 2 aromatic carbocycles. The van der Waals surface area contributed by atoms with Crippen LogP contribution in [0.25, 0.3) is 11.1 Å². The smallest absolute Gasteiger partial charge is 0.416 e. The molecule has 136 valence electrons. The second kappa shape index (κ2) is 6.39. The van der Waals surface area contributed by atoms with Crippen LogP contribution in [0.15, 0.2) is 46.9 Å². The average molecular weight is 364 g/mol. The highest BCUT2D eigenvalue weighted by molar-refractivity contribution is 5.72. The third-order valence-corrected chi connectivity index (χ3v) is 4.68. The largest absolute Gasteiger partial charge is 0.440 e. The zero-order chi connectivity index (χ0) is 18.3. The van der Waals surface area contributed by atoms with Crippen LogP contribution in [0, 0.1) is 5.82 Å². The molecule has 0 saturated carbocycles. The summed E-state index contributed by atoms with van der Waals surface area (Å²) in [6.07, 6.45) is -3.47. The number of oxazole rings is 1. The van der Waals surface area contributed by atoms with Crippen molar-refractivity contribution in [3.63, 3.8) is 0 Å². The Morgan fingerprint density at radius 1 is 1.12 bits per heavy atom. The molecule has 1 fully saturated rings. The van der Waals surface area contributed by atoms with E-state index in [1.807, 2.05) is 0 Å². The van der Waals surface area contributed by atoms with E-state index in [1.165, 1.54) is 24.3 Å². The van der Waals surface area contributed by atoms with E-state index < -0.39 is 11.7 Å². The maximum absolute atomic E-state index is 13.3. The van der Waals surface area contributed by atoms with Crippen molar-refractivity contribution in [1.29, 1.82) is 0 Å². The molecule has 1 saturated heterocycles. The molecular weight excluding hydrogens is 348 g/mol. The second-order valence-electron chi connectivity index (χ2n) is 6.58. The summed E-state index contributed by atoms with van der Waals surface area (Å²) in [5.74, 6) is 0.327. The molecule has 7 heteroatoms. The molecule has 4 rings (SSSR count). The first-order valence-electron chi connectivity index (χ1n) is 8.33. The summed E-state index contributed by atoms with van der Waals surface area (Å²) in [5, 5.41) is 0. The Balaban J connectivity index is 1.43. The second-order valence-corrected chi connectivity index (χ2v) is 6.58. The van der Waals surface area contributed by atoms with Crippen LogP contribution in [0.5, 0.6) is 0 Å². The molecule has 26 heavy (non-hydrogen) atoms. The summed E-state index contributed by atoms with van der Waals surface area (Å²) < 4.78 is 56.9. The Morgan fingerprint density at radius 2 is 1.88 bits per heavy atom. The summed E-state index contributed by atoms with van der Waals surface area (Å²) in [5.41, 5.74) is 1.25. The lowest BCUT2D eigenvalue weighted by Gasteiger charge is -2.16. The molecule has 2 heterocycles. The molecule has 3 aromatic rings. The van der Waals surface area contributed by atoms with Crippen molar-refractivity contribution in [2.45, 2.75) is 25.1 Å². The lowest BCUT2D eigenvalue weighted by atomic mass is 10.1. The topological polar surface area (TPSA) is 29.3 Å². The van der Waals surface area contributed by atoms with Gasteiger partial charge in [-0.05, 0) is 42.8 Å². The number of hydrogen-bond donors (Lipinski definition) is 0. The molecule has 1 aliphatic heterocycles. The fraction of sp³-hybridized carbons (Fsp3) is 0.316. The lowest BCUT2D eigenvalue weighted by molar-refractivity contribution is -0.137. The molecule has 0 radical (unpaired) electrons. The van der Waals surface area contributed by atoms with Crippen molar-refractivity contribution < 1.29 is 22.0 Å². The maximum atomic E-state index is 13.3. The molecule has 3 nitrogen and oxygen atoms in total. The quantitative estimate of drug-likeness (QED) is 0.614. The lowest BCUT2D eigenvalue weighted by Crippen LogP contribution is -2.20. The monoisotopic (exact) mass is 364 g/mol. The van der Waals surface area contributed by atoms with E-state index in [0.29, 0.717) is 30.1 Å². The maximum Gasteiger partial charge on any atom is 0.416 e. The van der Waals surface area contributed by atoms with Gasteiger partial charge in [-0.1, -0.05) is 12.1 Å². The first-order valence-corrected chi connectivity index (χ1v) is 8.33. The minimum atomic E-state index is -4.32. The number of aromatic nitrogens is 1. The Morgan fingerprint density at radius 3 is 2.62 bits per heavy atom. The highest BCUT2D eigenvalue weighted by Crippen LogP contribution is 2.31. The van der Waals surface area contributed by atoms with Gasteiger partial charge in [-0.15, -0.1) is 0 Å². The van der Waals surface area contributed by atoms with Gasteiger partial charge in [-0.3, -0.25) is 4.90 Å². The molecule has 1 unspecified atom stereocenters. The Labute approximate surface area is 147 Å². The number of halogens is 4. The van der Waals surface area contributed by atoms with E-state index in [1.54, 1.807) is 6.07 Å². The molecule has 1 aliphatic rings. The Hall–Kier alpha value is -2.41. The van der Waals surface area contributed by atoms with Crippen molar-refractivity contribution >= 4 is 11.1 Å². The molecule has 0 bridgehead atoms. The minimum Gasteiger partial charge on any atom is -0.440 e. The van der Waals surface area contributed by atoms with Gasteiger partial charge >= 0.3 is 6.18 Å². The fourth-order valence-corrected chi connectivity index (χ4v) is 3.33. The Kier molecular flexibility index (Phi) is 4.19. The van der Waals surface area contributed by atoms with Gasteiger partial charge in [0.05, 0.1) is 5.56 Å². The van der Waals surface area contributed by atoms with Crippen molar-refractivity contribution in [3.8, 4) is 0 Å². The van der Waals surface area contributed by atoms with Crippen LogP contribution in [-0.2, 0) is 12.7 Å². The zero-order valence-corrected chi connectivity index (χ0v) is 13.8. The van der Waals surface area contributed by atoms with Crippen LogP contribution in [0.2, 0.25) is 0 Å². The number of likely N-dealkylation sites (tertiary alicyclic amines) is 1. The summed E-state index contributed by atoms with van der Waals surface area (Å²) >= 11 is 0. The number of rotatable bonds is 3. The van der Waals surface area contributed by atoms with E-state index >= 15 is 0 Å². The van der Waals surface area contributed by atoms with Crippen LogP contribution < -0.4 is 0 Å². The SMILES string of the molecule is Fc1ccc2oc(C3CCN(Cc4ccc(C(F)(F)F)cc4)C3)nc2c1. The minimum absolute atomic E-state index is 0.0971. The molecule has 0 spiro atoms. The Bertz CT molecular complexity index is 917. The number of hydrogen-bond acceptors (Lipinski definition) is 3. The molecule has 0 aliphatic carbocycles. The fourth-order valence-electron chi connectivity index (χ4n) is 3.33. The first kappa shape index (κ1) is 17.0. The van der Waals surface area contributed by atoms with Gasteiger partial charge < -0.3 is 4.42 Å². The van der Waals surface area contributed by atoms with Gasteiger partial charge in [0.1, 0.15) is 11.3 Å². The van der Waals surface area contributed by atoms with Gasteiger partial charge in [0, 0.05) is 25.1 Å². The van der Waals surface area contributed by atoms with Gasteiger partial charge in [0.2, 0.25) is 0 Å². The predicted molar refractivity (Wildman–Crippen MR) is 88.0 cm³/mol. The van der Waals surface area contributed by atoms with E-state index in [0.717, 1.165) is 30.7 Å². The van der Waals surface area contributed by atoms with Gasteiger partial charge in [-0.25, -0.2) is 9.37 Å². The molecule has 0 N–H and O–H groups in total. The summed E-state index contributed by atoms with van der Waals surface area (Å²) in [6.45, 7) is 2.08. The number of nitrogens with zero attached hydrogens (tertiary/aromatic N) is 2. The zero-order valence-electron chi connectivity index (χ0n) is 13.8. The van der Waals surface area contributed by atoms with Crippen LogP contribution in [-0.4, -0.2) is 23.0 Å². The van der Waals surface area contributed by atoms with Crippen LogP contribution in [0.4, 0.5) is 17.6 Å². The highest BCUT2D eigenvalue weighted by atomic mass is 19.4.